The van der Waals surface area contributed by atoms with E-state index in [9.17, 15) is 0 Å². The Kier molecular flexibility index (Phi) is 3.85. The number of hydrogen-bond acceptors (Lipinski definition) is 4. The summed E-state index contributed by atoms with van der Waals surface area (Å²) in [7, 11) is 3.60. The SMILES string of the molecule is COC1CCN(C2(CN)CC(OC)C2)CC1. The zero-order valence-corrected chi connectivity index (χ0v) is 10.4. The van der Waals surface area contributed by atoms with Crippen molar-refractivity contribution in [3.8, 4) is 0 Å². The average molecular weight is 228 g/mol. The molecule has 2 aliphatic rings. The first-order valence-electron chi connectivity index (χ1n) is 6.25. The molecule has 1 saturated heterocycles. The zero-order valence-electron chi connectivity index (χ0n) is 10.4. The van der Waals surface area contributed by atoms with Crippen LogP contribution in [0, 0.1) is 0 Å². The third kappa shape index (κ3) is 2.12. The molecule has 1 aliphatic carbocycles. The van der Waals surface area contributed by atoms with E-state index < -0.39 is 0 Å². The normalized spacial score (nSPS) is 37.3. The van der Waals surface area contributed by atoms with E-state index in [4.69, 9.17) is 15.2 Å². The maximum absolute atomic E-state index is 5.96. The molecule has 1 saturated carbocycles. The van der Waals surface area contributed by atoms with Crippen molar-refractivity contribution in [3.05, 3.63) is 0 Å². The van der Waals surface area contributed by atoms with Crippen LogP contribution in [0.5, 0.6) is 0 Å². The number of likely N-dealkylation sites (tertiary alicyclic amines) is 1. The van der Waals surface area contributed by atoms with Gasteiger partial charge in [0.15, 0.2) is 0 Å². The molecule has 0 amide bonds. The Morgan fingerprint density at radius 3 is 2.12 bits per heavy atom. The second-order valence-corrected chi connectivity index (χ2v) is 5.12. The predicted octanol–water partition coefficient (Wildman–Crippen LogP) is 0.603. The van der Waals surface area contributed by atoms with Gasteiger partial charge >= 0.3 is 0 Å². The van der Waals surface area contributed by atoms with Crippen molar-refractivity contribution in [1.29, 1.82) is 0 Å². The summed E-state index contributed by atoms with van der Waals surface area (Å²) in [5, 5.41) is 0. The van der Waals surface area contributed by atoms with Gasteiger partial charge in [0.05, 0.1) is 12.2 Å². The van der Waals surface area contributed by atoms with Crippen molar-refractivity contribution in [2.75, 3.05) is 33.9 Å². The molecular weight excluding hydrogens is 204 g/mol. The molecule has 0 aromatic carbocycles. The van der Waals surface area contributed by atoms with Gasteiger partial charge in [-0.05, 0) is 25.7 Å². The van der Waals surface area contributed by atoms with Crippen molar-refractivity contribution in [2.24, 2.45) is 5.73 Å². The molecule has 1 aliphatic heterocycles. The lowest BCUT2D eigenvalue weighted by Crippen LogP contribution is -2.65. The molecule has 4 heteroatoms. The first-order chi connectivity index (χ1) is 7.74. The molecule has 16 heavy (non-hydrogen) atoms. The van der Waals surface area contributed by atoms with E-state index in [0.717, 1.165) is 45.3 Å². The number of ether oxygens (including phenoxy) is 2. The summed E-state index contributed by atoms with van der Waals surface area (Å²) in [5.41, 5.74) is 6.18. The molecule has 0 radical (unpaired) electrons. The third-order valence-corrected chi connectivity index (χ3v) is 4.37. The van der Waals surface area contributed by atoms with Crippen LogP contribution >= 0.6 is 0 Å². The van der Waals surface area contributed by atoms with Crippen LogP contribution in [0.1, 0.15) is 25.7 Å². The summed E-state index contributed by atoms with van der Waals surface area (Å²) in [6.07, 6.45) is 5.33. The first kappa shape index (κ1) is 12.3. The van der Waals surface area contributed by atoms with E-state index in [1.807, 2.05) is 7.11 Å². The maximum atomic E-state index is 5.96. The second kappa shape index (κ2) is 5.00. The monoisotopic (exact) mass is 228 g/mol. The molecule has 1 heterocycles. The van der Waals surface area contributed by atoms with Crippen molar-refractivity contribution in [3.63, 3.8) is 0 Å². The van der Waals surface area contributed by atoms with Crippen LogP contribution in [0.4, 0.5) is 0 Å². The van der Waals surface area contributed by atoms with Gasteiger partial charge in [-0.1, -0.05) is 0 Å². The Labute approximate surface area is 98.1 Å². The lowest BCUT2D eigenvalue weighted by atomic mass is 9.72. The van der Waals surface area contributed by atoms with Gasteiger partial charge in [-0.2, -0.15) is 0 Å². The van der Waals surface area contributed by atoms with Gasteiger partial charge in [-0.25, -0.2) is 0 Å². The van der Waals surface area contributed by atoms with E-state index in [2.05, 4.69) is 4.90 Å². The number of nitrogens with zero attached hydrogens (tertiary/aromatic N) is 1. The summed E-state index contributed by atoms with van der Waals surface area (Å²) in [5.74, 6) is 0. The molecular formula is C12H24N2O2. The molecule has 2 rings (SSSR count). The highest BCUT2D eigenvalue weighted by Crippen LogP contribution is 2.40. The lowest BCUT2D eigenvalue weighted by Gasteiger charge is -2.55. The molecule has 0 aromatic rings. The molecule has 94 valence electrons. The molecule has 0 aromatic heterocycles. The smallest absolute Gasteiger partial charge is 0.0607 e. The lowest BCUT2D eigenvalue weighted by molar-refractivity contribution is -0.104. The Morgan fingerprint density at radius 2 is 1.69 bits per heavy atom. The van der Waals surface area contributed by atoms with Crippen LogP contribution in [0.15, 0.2) is 0 Å². The first-order valence-corrected chi connectivity index (χ1v) is 6.25. The molecule has 2 fully saturated rings. The van der Waals surface area contributed by atoms with Gasteiger partial charge in [0.1, 0.15) is 0 Å². The van der Waals surface area contributed by atoms with Gasteiger partial charge < -0.3 is 15.2 Å². The summed E-state index contributed by atoms with van der Waals surface area (Å²) < 4.78 is 10.8. The van der Waals surface area contributed by atoms with Crippen LogP contribution in [0.25, 0.3) is 0 Å². The number of piperidine rings is 1. The summed E-state index contributed by atoms with van der Waals surface area (Å²) in [6, 6.07) is 0. The van der Waals surface area contributed by atoms with Crippen molar-refractivity contribution < 1.29 is 9.47 Å². The zero-order chi connectivity index (χ0) is 11.6. The number of methoxy groups -OCH3 is 2. The maximum Gasteiger partial charge on any atom is 0.0607 e. The van der Waals surface area contributed by atoms with Gasteiger partial charge in [0, 0.05) is 39.4 Å². The summed E-state index contributed by atoms with van der Waals surface area (Å²) in [6.45, 7) is 2.99. The van der Waals surface area contributed by atoms with Crippen molar-refractivity contribution in [2.45, 2.75) is 43.4 Å². The fourth-order valence-corrected chi connectivity index (χ4v) is 3.07. The van der Waals surface area contributed by atoms with Crippen molar-refractivity contribution in [1.82, 2.24) is 4.90 Å². The topological polar surface area (TPSA) is 47.7 Å². The quantitative estimate of drug-likeness (QED) is 0.765. The van der Waals surface area contributed by atoms with Crippen LogP contribution in [0.2, 0.25) is 0 Å². The minimum atomic E-state index is 0.222. The molecule has 0 unspecified atom stereocenters. The van der Waals surface area contributed by atoms with Crippen LogP contribution < -0.4 is 5.73 Å². The number of nitrogens with two attached hydrogens (primary N) is 1. The number of hydrogen-bond donors (Lipinski definition) is 1. The minimum Gasteiger partial charge on any atom is -0.381 e. The Morgan fingerprint density at radius 1 is 1.12 bits per heavy atom. The van der Waals surface area contributed by atoms with Gasteiger partial charge in [-0.3, -0.25) is 4.90 Å². The fourth-order valence-electron chi connectivity index (χ4n) is 3.07. The Bertz CT molecular complexity index is 221. The van der Waals surface area contributed by atoms with Crippen LogP contribution in [-0.2, 0) is 9.47 Å². The molecule has 0 spiro atoms. The van der Waals surface area contributed by atoms with Gasteiger partial charge in [0.2, 0.25) is 0 Å². The Balaban J connectivity index is 1.87. The highest BCUT2D eigenvalue weighted by atomic mass is 16.5. The van der Waals surface area contributed by atoms with E-state index in [1.54, 1.807) is 7.11 Å². The molecule has 0 atom stereocenters. The highest BCUT2D eigenvalue weighted by Gasteiger charge is 2.48. The van der Waals surface area contributed by atoms with Gasteiger partial charge in [0.25, 0.3) is 0 Å². The molecule has 0 bridgehead atoms. The van der Waals surface area contributed by atoms with Crippen LogP contribution in [-0.4, -0.2) is 56.5 Å². The van der Waals surface area contributed by atoms with E-state index >= 15 is 0 Å². The summed E-state index contributed by atoms with van der Waals surface area (Å²) in [4.78, 5) is 2.55. The predicted molar refractivity (Wildman–Crippen MR) is 63.4 cm³/mol. The van der Waals surface area contributed by atoms with Crippen LogP contribution in [0.3, 0.4) is 0 Å². The third-order valence-electron chi connectivity index (χ3n) is 4.37. The Hall–Kier alpha value is -0.160. The second-order valence-electron chi connectivity index (χ2n) is 5.12. The average Bonchev–Trinajstić information content (AvgIpc) is 2.30. The van der Waals surface area contributed by atoms with Gasteiger partial charge in [-0.15, -0.1) is 0 Å². The van der Waals surface area contributed by atoms with E-state index in [-0.39, 0.29) is 5.54 Å². The van der Waals surface area contributed by atoms with Crippen molar-refractivity contribution >= 4 is 0 Å². The van der Waals surface area contributed by atoms with E-state index in [1.165, 1.54) is 0 Å². The fraction of sp³-hybridized carbons (Fsp3) is 1.00. The number of rotatable bonds is 4. The minimum absolute atomic E-state index is 0.222. The van der Waals surface area contributed by atoms with E-state index in [0.29, 0.717) is 12.2 Å². The molecule has 2 N–H and O–H groups in total. The summed E-state index contributed by atoms with van der Waals surface area (Å²) >= 11 is 0. The highest BCUT2D eigenvalue weighted by molar-refractivity contribution is 5.05. The standard InChI is InChI=1S/C12H24N2O2/c1-15-10-3-5-14(6-4-10)12(9-13)7-11(8-12)16-2/h10-11H,3-9,13H2,1-2H3. The largest absolute Gasteiger partial charge is 0.381 e. The molecule has 4 nitrogen and oxygen atoms in total.